The van der Waals surface area contributed by atoms with Gasteiger partial charge in [-0.05, 0) is 31.0 Å². The van der Waals surface area contributed by atoms with Gasteiger partial charge < -0.3 is 25.3 Å². The van der Waals surface area contributed by atoms with E-state index in [-0.39, 0.29) is 16.2 Å². The molecule has 8 nitrogen and oxygen atoms in total. The molecule has 2 aromatic carbocycles. The number of nitrogens with zero attached hydrogens (tertiary/aromatic N) is 4. The fourth-order valence-electron chi connectivity index (χ4n) is 4.88. The molecule has 2 heterocycles. The zero-order valence-corrected chi connectivity index (χ0v) is 23.1. The van der Waals surface area contributed by atoms with E-state index in [0.717, 1.165) is 39.3 Å². The number of methoxy groups -OCH3 is 1. The van der Waals surface area contributed by atoms with Crippen molar-refractivity contribution in [3.8, 4) is 28.5 Å². The zero-order chi connectivity index (χ0) is 27.4. The average molecular weight is 544 g/mol. The molecule has 3 aromatic rings. The molecule has 38 heavy (non-hydrogen) atoms. The van der Waals surface area contributed by atoms with Gasteiger partial charge in [-0.1, -0.05) is 25.4 Å². The monoisotopic (exact) mass is 543 g/mol. The number of piperazine rings is 1. The Labute approximate surface area is 227 Å². The third-order valence-electron chi connectivity index (χ3n) is 6.79. The Kier molecular flexibility index (Phi) is 8.91. The number of benzene rings is 2. The van der Waals surface area contributed by atoms with E-state index in [1.165, 1.54) is 19.2 Å². The van der Waals surface area contributed by atoms with Crippen LogP contribution in [-0.4, -0.2) is 78.6 Å². The number of ether oxygens (including phenoxy) is 2. The van der Waals surface area contributed by atoms with Crippen LogP contribution in [0.1, 0.15) is 26.3 Å². The molecule has 0 radical (unpaired) electrons. The Morgan fingerprint density at radius 2 is 1.89 bits per heavy atom. The van der Waals surface area contributed by atoms with Crippen LogP contribution in [0, 0.1) is 11.7 Å². The molecular formula is C28H35ClFN5O3. The summed E-state index contributed by atoms with van der Waals surface area (Å²) in [5.41, 5.74) is 1.88. The number of hydrogen-bond donors (Lipinski definition) is 2. The van der Waals surface area contributed by atoms with E-state index in [0.29, 0.717) is 51.9 Å². The van der Waals surface area contributed by atoms with Gasteiger partial charge in [0.05, 0.1) is 23.5 Å². The Morgan fingerprint density at radius 1 is 1.18 bits per heavy atom. The summed E-state index contributed by atoms with van der Waals surface area (Å²) in [6, 6.07) is 5.94. The van der Waals surface area contributed by atoms with Crippen molar-refractivity contribution in [2.75, 3.05) is 53.0 Å². The normalized spacial score (nSPS) is 15.4. The van der Waals surface area contributed by atoms with Crippen molar-refractivity contribution in [2.24, 2.45) is 16.9 Å². The van der Waals surface area contributed by atoms with E-state index in [2.05, 4.69) is 33.7 Å². The number of pyridine rings is 1. The number of hydrazone groups is 1. The van der Waals surface area contributed by atoms with E-state index in [9.17, 15) is 5.11 Å². The van der Waals surface area contributed by atoms with Gasteiger partial charge >= 0.3 is 0 Å². The van der Waals surface area contributed by atoms with E-state index in [1.54, 1.807) is 25.3 Å². The zero-order valence-electron chi connectivity index (χ0n) is 22.3. The van der Waals surface area contributed by atoms with Gasteiger partial charge in [0.2, 0.25) is 0 Å². The summed E-state index contributed by atoms with van der Waals surface area (Å²) < 4.78 is 27.7. The Balaban J connectivity index is 1.66. The van der Waals surface area contributed by atoms with Gasteiger partial charge in [0.25, 0.3) is 0 Å². The summed E-state index contributed by atoms with van der Waals surface area (Å²) in [7, 11) is 1.52. The number of phenolic OH excluding ortho intramolecular Hbond substituents is 1. The highest BCUT2D eigenvalue weighted by atomic mass is 35.5. The van der Waals surface area contributed by atoms with E-state index in [4.69, 9.17) is 26.9 Å². The lowest BCUT2D eigenvalue weighted by Crippen LogP contribution is -2.48. The number of fused-ring (bicyclic) bond motifs is 1. The third-order valence-corrected chi connectivity index (χ3v) is 7.09. The molecule has 1 aromatic heterocycles. The number of phenols is 1. The first-order valence-electron chi connectivity index (χ1n) is 12.7. The number of nitrogens with two attached hydrogens (primary N) is 1. The largest absolute Gasteiger partial charge is 0.506 e. The SMILES string of the molecule is COc1c(OCCN2CCN(CC(C)C)CC2)cc(F)c2c(-c3ccc(O)c(Cl)c3)ncc(/C(C)=N\N)c12. The minimum absolute atomic E-state index is 0.0717. The highest BCUT2D eigenvalue weighted by molar-refractivity contribution is 6.32. The van der Waals surface area contributed by atoms with E-state index >= 15 is 4.39 Å². The average Bonchev–Trinajstić information content (AvgIpc) is 2.90. The van der Waals surface area contributed by atoms with Crippen molar-refractivity contribution in [3.05, 3.63) is 46.9 Å². The fraction of sp³-hybridized carbons (Fsp3) is 0.429. The molecule has 0 aliphatic carbocycles. The van der Waals surface area contributed by atoms with Gasteiger partial charge in [-0.25, -0.2) is 4.39 Å². The fourth-order valence-corrected chi connectivity index (χ4v) is 5.06. The number of aromatic nitrogens is 1. The Morgan fingerprint density at radius 3 is 2.53 bits per heavy atom. The van der Waals surface area contributed by atoms with Crippen LogP contribution in [0.4, 0.5) is 4.39 Å². The number of hydrogen-bond acceptors (Lipinski definition) is 8. The molecule has 1 saturated heterocycles. The number of halogens is 2. The molecule has 0 atom stereocenters. The molecule has 10 heteroatoms. The Bertz CT molecular complexity index is 1330. The smallest absolute Gasteiger partial charge is 0.169 e. The first-order chi connectivity index (χ1) is 18.2. The van der Waals surface area contributed by atoms with Gasteiger partial charge in [0.15, 0.2) is 11.5 Å². The van der Waals surface area contributed by atoms with Crippen LogP contribution in [0.3, 0.4) is 0 Å². The molecule has 3 N–H and O–H groups in total. The maximum Gasteiger partial charge on any atom is 0.169 e. The molecular weight excluding hydrogens is 509 g/mol. The molecule has 1 aliphatic heterocycles. The van der Waals surface area contributed by atoms with Crippen molar-refractivity contribution in [2.45, 2.75) is 20.8 Å². The molecule has 0 bridgehead atoms. The quantitative estimate of drug-likeness (QED) is 0.228. The van der Waals surface area contributed by atoms with E-state index in [1.807, 2.05) is 0 Å². The van der Waals surface area contributed by atoms with Crippen molar-refractivity contribution in [1.29, 1.82) is 0 Å². The van der Waals surface area contributed by atoms with Gasteiger partial charge in [-0.15, -0.1) is 0 Å². The van der Waals surface area contributed by atoms with Crippen LogP contribution < -0.4 is 15.3 Å². The molecule has 0 spiro atoms. The summed E-state index contributed by atoms with van der Waals surface area (Å²) >= 11 is 6.14. The van der Waals surface area contributed by atoms with Gasteiger partial charge in [-0.3, -0.25) is 9.88 Å². The predicted octanol–water partition coefficient (Wildman–Crippen LogP) is 4.74. The van der Waals surface area contributed by atoms with Crippen LogP contribution in [0.15, 0.2) is 35.6 Å². The van der Waals surface area contributed by atoms with Crippen LogP contribution in [0.5, 0.6) is 17.2 Å². The predicted molar refractivity (Wildman–Crippen MR) is 150 cm³/mol. The topological polar surface area (TPSA) is 96.4 Å². The van der Waals surface area contributed by atoms with Gasteiger partial charge in [0, 0.05) is 73.4 Å². The lowest BCUT2D eigenvalue weighted by Gasteiger charge is -2.35. The Hall–Kier alpha value is -3.14. The standard InChI is InChI=1S/C28H35ClFN5O3/c1-17(2)16-35-9-7-34(8-10-35)11-12-38-24-14-22(30)26-25(28(24)37-4)20(18(3)33-31)15-32-27(26)19-5-6-23(36)21(29)13-19/h5-6,13-15,17,36H,7-12,16,31H2,1-4H3/b33-18-. The summed E-state index contributed by atoms with van der Waals surface area (Å²) in [6.45, 7) is 12.4. The minimum atomic E-state index is -0.531. The maximum absolute atomic E-state index is 15.8. The van der Waals surface area contributed by atoms with Crippen LogP contribution >= 0.6 is 11.6 Å². The second-order valence-electron chi connectivity index (χ2n) is 9.93. The van der Waals surface area contributed by atoms with Crippen LogP contribution in [-0.2, 0) is 0 Å². The first-order valence-corrected chi connectivity index (χ1v) is 13.1. The molecule has 0 amide bonds. The highest BCUT2D eigenvalue weighted by Gasteiger charge is 2.24. The summed E-state index contributed by atoms with van der Waals surface area (Å²) in [4.78, 5) is 9.35. The molecule has 204 valence electrons. The second-order valence-corrected chi connectivity index (χ2v) is 10.3. The maximum atomic E-state index is 15.8. The van der Waals surface area contributed by atoms with Crippen LogP contribution in [0.25, 0.3) is 22.0 Å². The number of rotatable bonds is 9. The van der Waals surface area contributed by atoms with Crippen molar-refractivity contribution in [3.63, 3.8) is 0 Å². The van der Waals surface area contributed by atoms with Crippen molar-refractivity contribution in [1.82, 2.24) is 14.8 Å². The van der Waals surface area contributed by atoms with Crippen molar-refractivity contribution >= 4 is 28.1 Å². The molecule has 1 aliphatic rings. The second kappa shape index (κ2) is 12.1. The van der Waals surface area contributed by atoms with Gasteiger partial charge in [-0.2, -0.15) is 5.10 Å². The summed E-state index contributed by atoms with van der Waals surface area (Å²) in [5, 5.41) is 14.5. The summed E-state index contributed by atoms with van der Waals surface area (Å²) in [6.07, 6.45) is 1.58. The molecule has 4 rings (SSSR count). The third kappa shape index (κ3) is 5.95. The lowest BCUT2D eigenvalue weighted by molar-refractivity contribution is 0.108. The minimum Gasteiger partial charge on any atom is -0.506 e. The van der Waals surface area contributed by atoms with E-state index < -0.39 is 5.82 Å². The number of aromatic hydroxyl groups is 1. The summed E-state index contributed by atoms with van der Waals surface area (Å²) in [5.74, 6) is 6.30. The first kappa shape index (κ1) is 27.9. The molecule has 0 saturated carbocycles. The van der Waals surface area contributed by atoms with Gasteiger partial charge in [0.1, 0.15) is 18.2 Å². The lowest BCUT2D eigenvalue weighted by atomic mass is 9.97. The molecule has 0 unspecified atom stereocenters. The molecule has 1 fully saturated rings. The highest BCUT2D eigenvalue weighted by Crippen LogP contribution is 2.43. The van der Waals surface area contributed by atoms with Crippen LogP contribution in [0.2, 0.25) is 5.02 Å². The van der Waals surface area contributed by atoms with Crippen molar-refractivity contribution < 1.29 is 19.0 Å².